The van der Waals surface area contributed by atoms with Gasteiger partial charge in [-0.25, -0.2) is 4.98 Å². The summed E-state index contributed by atoms with van der Waals surface area (Å²) in [5, 5.41) is 13.7. The lowest BCUT2D eigenvalue weighted by atomic mass is 10.1. The molecule has 0 radical (unpaired) electrons. The van der Waals surface area contributed by atoms with Gasteiger partial charge in [-0.05, 0) is 84.3 Å². The molecule has 0 unspecified atom stereocenters. The maximum absolute atomic E-state index is 10.3. The molecule has 0 spiro atoms. The molecule has 6 aromatic rings. The van der Waals surface area contributed by atoms with E-state index >= 15 is 0 Å². The molecule has 0 saturated heterocycles. The van der Waals surface area contributed by atoms with Crippen LogP contribution in [0.25, 0.3) is 11.2 Å². The zero-order valence-corrected chi connectivity index (χ0v) is 24.3. The smallest absolute Gasteiger partial charge is 0.326 e. The molecule has 1 atom stereocenters. The highest BCUT2D eigenvalue weighted by Gasteiger charge is 2.19. The first-order valence-corrected chi connectivity index (χ1v) is 15.0. The van der Waals surface area contributed by atoms with Gasteiger partial charge in [-0.1, -0.05) is 66.7 Å². The molecule has 8 heteroatoms. The number of anilines is 1. The van der Waals surface area contributed by atoms with E-state index in [1.165, 1.54) is 11.1 Å². The quantitative estimate of drug-likeness (QED) is 0.170. The second kappa shape index (κ2) is 12.6. The van der Waals surface area contributed by atoms with Gasteiger partial charge in [-0.2, -0.15) is 9.97 Å². The predicted octanol–water partition coefficient (Wildman–Crippen LogP) is 6.96. The van der Waals surface area contributed by atoms with Crippen LogP contribution < -0.4 is 14.8 Å². The molecule has 0 bridgehead atoms. The van der Waals surface area contributed by atoms with E-state index in [2.05, 4.69) is 17.4 Å². The Morgan fingerprint density at radius 1 is 0.750 bits per heavy atom. The molecule has 2 aromatic heterocycles. The lowest BCUT2D eigenvalue weighted by Crippen LogP contribution is -2.27. The van der Waals surface area contributed by atoms with Crippen molar-refractivity contribution in [1.29, 1.82) is 0 Å². The molecule has 2 heterocycles. The fourth-order valence-corrected chi connectivity index (χ4v) is 5.64. The number of hydrogen-bond acceptors (Lipinski definition) is 7. The number of rotatable bonds is 11. The van der Waals surface area contributed by atoms with Gasteiger partial charge in [0.2, 0.25) is 0 Å². The SMILES string of the molecule is OC[C@H](Cc1ccccc1)Nc1nc(Oc2ccc3c(c2)CCC3)nc2c1ncn2Cc1ccc(Oc2ccccc2)cc1. The van der Waals surface area contributed by atoms with Gasteiger partial charge in [0.05, 0.1) is 25.5 Å². The Hall–Kier alpha value is -5.21. The fraction of sp³-hybridized carbons (Fsp3) is 0.194. The molecule has 1 aliphatic carbocycles. The molecule has 0 fully saturated rings. The van der Waals surface area contributed by atoms with Crippen LogP contribution in [0.5, 0.6) is 23.3 Å². The van der Waals surface area contributed by atoms with Gasteiger partial charge in [-0.15, -0.1) is 0 Å². The Morgan fingerprint density at radius 3 is 2.27 bits per heavy atom. The topological polar surface area (TPSA) is 94.3 Å². The van der Waals surface area contributed by atoms with Crippen LogP contribution in [0.15, 0.2) is 109 Å². The Kier molecular flexibility index (Phi) is 7.89. The van der Waals surface area contributed by atoms with Gasteiger partial charge in [-0.3, -0.25) is 0 Å². The van der Waals surface area contributed by atoms with Crippen molar-refractivity contribution in [3.8, 4) is 23.3 Å². The highest BCUT2D eigenvalue weighted by atomic mass is 16.5. The maximum Gasteiger partial charge on any atom is 0.326 e. The van der Waals surface area contributed by atoms with E-state index in [1.54, 1.807) is 6.33 Å². The van der Waals surface area contributed by atoms with Gasteiger partial charge in [0.25, 0.3) is 0 Å². The van der Waals surface area contributed by atoms with Crippen molar-refractivity contribution in [3.63, 3.8) is 0 Å². The number of hydrogen-bond donors (Lipinski definition) is 2. The summed E-state index contributed by atoms with van der Waals surface area (Å²) in [6.07, 6.45) is 5.72. The van der Waals surface area contributed by atoms with Crippen LogP contribution in [0.1, 0.15) is 28.7 Å². The first-order chi connectivity index (χ1) is 21.7. The summed E-state index contributed by atoms with van der Waals surface area (Å²) in [6, 6.07) is 33.9. The van der Waals surface area contributed by atoms with Gasteiger partial charge in [0.15, 0.2) is 17.0 Å². The number of benzene rings is 4. The van der Waals surface area contributed by atoms with Crippen LogP contribution in [0.3, 0.4) is 0 Å². The summed E-state index contributed by atoms with van der Waals surface area (Å²) in [5.74, 6) is 2.79. The van der Waals surface area contributed by atoms with Crippen LogP contribution in [0.2, 0.25) is 0 Å². The van der Waals surface area contributed by atoms with Gasteiger partial charge < -0.3 is 24.5 Å². The summed E-state index contributed by atoms with van der Waals surface area (Å²) in [6.45, 7) is 0.476. The largest absolute Gasteiger partial charge is 0.457 e. The Balaban J connectivity index is 1.18. The second-order valence-electron chi connectivity index (χ2n) is 11.1. The van der Waals surface area contributed by atoms with E-state index in [0.717, 1.165) is 41.9 Å². The summed E-state index contributed by atoms with van der Waals surface area (Å²) < 4.78 is 14.2. The van der Waals surface area contributed by atoms with Crippen molar-refractivity contribution in [2.45, 2.75) is 38.3 Å². The number of para-hydroxylation sites is 1. The number of imidazole rings is 1. The lowest BCUT2D eigenvalue weighted by molar-refractivity contribution is 0.273. The molecule has 0 aliphatic heterocycles. The summed E-state index contributed by atoms with van der Waals surface area (Å²) in [5.41, 5.74) is 6.12. The molecule has 4 aromatic carbocycles. The molecule has 220 valence electrons. The number of ether oxygens (including phenoxy) is 2. The minimum Gasteiger partial charge on any atom is -0.457 e. The zero-order chi connectivity index (χ0) is 29.7. The Morgan fingerprint density at radius 2 is 1.48 bits per heavy atom. The van der Waals surface area contributed by atoms with Crippen LogP contribution in [0.4, 0.5) is 5.82 Å². The standard InChI is InChI=1S/C36H33N5O3/c42-23-29(20-25-8-3-1-4-9-25)38-34-33-35(40-36(39-34)44-32-19-16-27-10-7-11-28(27)21-32)41(24-37-33)22-26-14-17-31(18-15-26)43-30-12-5-2-6-13-30/h1-6,8-9,12-19,21,24,29,42H,7,10-11,20,22-23H2,(H,38,39,40)/t29-/m0/s1. The number of nitrogens with one attached hydrogen (secondary N) is 1. The lowest BCUT2D eigenvalue weighted by Gasteiger charge is -2.18. The molecule has 7 rings (SSSR count). The highest BCUT2D eigenvalue weighted by molar-refractivity contribution is 5.83. The first kappa shape index (κ1) is 27.6. The number of nitrogens with zero attached hydrogens (tertiary/aromatic N) is 4. The van der Waals surface area contributed by atoms with Crippen molar-refractivity contribution in [2.75, 3.05) is 11.9 Å². The van der Waals surface area contributed by atoms with Crippen molar-refractivity contribution in [2.24, 2.45) is 0 Å². The number of aromatic nitrogens is 4. The normalized spacial score (nSPS) is 13.0. The van der Waals surface area contributed by atoms with E-state index in [0.29, 0.717) is 35.7 Å². The van der Waals surface area contributed by atoms with E-state index < -0.39 is 0 Å². The van der Waals surface area contributed by atoms with Crippen molar-refractivity contribution in [3.05, 3.63) is 132 Å². The summed E-state index contributed by atoms with van der Waals surface area (Å²) in [7, 11) is 0. The Bertz CT molecular complexity index is 1860. The highest BCUT2D eigenvalue weighted by Crippen LogP contribution is 2.30. The number of fused-ring (bicyclic) bond motifs is 2. The molecule has 44 heavy (non-hydrogen) atoms. The summed E-state index contributed by atoms with van der Waals surface area (Å²) >= 11 is 0. The van der Waals surface area contributed by atoms with E-state index in [9.17, 15) is 5.11 Å². The van der Waals surface area contributed by atoms with Crippen LogP contribution in [0, 0.1) is 0 Å². The molecule has 8 nitrogen and oxygen atoms in total. The molecule has 0 amide bonds. The van der Waals surface area contributed by atoms with Crippen molar-refractivity contribution < 1.29 is 14.6 Å². The van der Waals surface area contributed by atoms with E-state index in [-0.39, 0.29) is 18.7 Å². The number of aliphatic hydroxyl groups excluding tert-OH is 1. The first-order valence-electron chi connectivity index (χ1n) is 15.0. The van der Waals surface area contributed by atoms with Gasteiger partial charge in [0, 0.05) is 0 Å². The molecule has 0 saturated carbocycles. The van der Waals surface area contributed by atoms with Crippen LogP contribution in [-0.4, -0.2) is 37.3 Å². The van der Waals surface area contributed by atoms with Crippen LogP contribution in [-0.2, 0) is 25.8 Å². The predicted molar refractivity (Wildman–Crippen MR) is 171 cm³/mol. The third kappa shape index (κ3) is 6.26. The third-order valence-corrected chi connectivity index (χ3v) is 7.86. The monoisotopic (exact) mass is 583 g/mol. The van der Waals surface area contributed by atoms with Crippen molar-refractivity contribution >= 4 is 17.0 Å². The molecule has 2 N–H and O–H groups in total. The summed E-state index contributed by atoms with van der Waals surface area (Å²) in [4.78, 5) is 14.2. The number of aliphatic hydroxyl groups is 1. The molecule has 1 aliphatic rings. The second-order valence-corrected chi connectivity index (χ2v) is 11.1. The molecular weight excluding hydrogens is 550 g/mol. The minimum absolute atomic E-state index is 0.0699. The Labute approximate surface area is 256 Å². The average molecular weight is 584 g/mol. The van der Waals surface area contributed by atoms with Crippen LogP contribution >= 0.6 is 0 Å². The zero-order valence-electron chi connectivity index (χ0n) is 24.3. The van der Waals surface area contributed by atoms with E-state index in [4.69, 9.17) is 24.4 Å². The average Bonchev–Trinajstić information content (AvgIpc) is 3.69. The molecular formula is C36H33N5O3. The van der Waals surface area contributed by atoms with Gasteiger partial charge >= 0.3 is 6.01 Å². The maximum atomic E-state index is 10.3. The van der Waals surface area contributed by atoms with Crippen molar-refractivity contribution in [1.82, 2.24) is 19.5 Å². The minimum atomic E-state index is -0.273. The van der Waals surface area contributed by atoms with E-state index in [1.807, 2.05) is 95.6 Å². The van der Waals surface area contributed by atoms with Gasteiger partial charge in [0.1, 0.15) is 17.2 Å². The fourth-order valence-electron chi connectivity index (χ4n) is 5.64. The third-order valence-electron chi connectivity index (χ3n) is 7.86. The number of aryl methyl sites for hydroxylation is 2.